The maximum atomic E-state index is 10.2. The fourth-order valence-corrected chi connectivity index (χ4v) is 10.5. The quantitative estimate of drug-likeness (QED) is 0.109. The SMILES string of the molecule is CC(C)(C)C(/C=C(\O)C(C)(C)C)=NC1CCCCC1.CC(C)(C)c1cc(-c2nccc3cc4sc5c6c(ccc5c4cc23)C(C)(C)CCC6(C)C)[c-]c2ccccc12.[Ir]. The van der Waals surface area contributed by atoms with E-state index in [-0.39, 0.29) is 47.2 Å². The number of pyridine rings is 1. The molecule has 315 valence electrons. The number of rotatable bonds is 3. The molecule has 4 aromatic carbocycles. The molecule has 1 fully saturated rings. The van der Waals surface area contributed by atoms with Crippen LogP contribution in [0.3, 0.4) is 0 Å². The molecule has 2 heterocycles. The molecule has 6 aromatic rings. The molecule has 3 nitrogen and oxygen atoms in total. The molecule has 2 aliphatic carbocycles. The Morgan fingerprint density at radius 1 is 0.780 bits per heavy atom. The van der Waals surface area contributed by atoms with Crippen molar-refractivity contribution in [2.45, 2.75) is 157 Å². The minimum atomic E-state index is -0.210. The summed E-state index contributed by atoms with van der Waals surface area (Å²) in [4.78, 5) is 9.90. The molecule has 0 amide bonds. The third kappa shape index (κ3) is 9.29. The molecule has 0 atom stereocenters. The van der Waals surface area contributed by atoms with E-state index in [2.05, 4.69) is 136 Å². The Hall–Kier alpha value is -3.37. The van der Waals surface area contributed by atoms with Gasteiger partial charge in [0.1, 0.15) is 0 Å². The van der Waals surface area contributed by atoms with Crippen LogP contribution in [-0.2, 0) is 36.4 Å². The summed E-state index contributed by atoms with van der Waals surface area (Å²) in [7, 11) is 0. The molecule has 1 saturated carbocycles. The van der Waals surface area contributed by atoms with Gasteiger partial charge in [0.15, 0.2) is 0 Å². The van der Waals surface area contributed by atoms with Gasteiger partial charge in [-0.1, -0.05) is 157 Å². The van der Waals surface area contributed by atoms with Crippen LogP contribution in [0.4, 0.5) is 0 Å². The average molecular weight is 984 g/mol. The summed E-state index contributed by atoms with van der Waals surface area (Å²) in [5, 5.41) is 17.8. The summed E-state index contributed by atoms with van der Waals surface area (Å²) in [6.45, 7) is 29.2. The van der Waals surface area contributed by atoms with Gasteiger partial charge in [-0.15, -0.1) is 40.5 Å². The fraction of sp³-hybridized carbons (Fsp3) is 0.481. The largest absolute Gasteiger partial charge is 0.512 e. The second-order valence-electron chi connectivity index (χ2n) is 21.7. The molecular weight excluding hydrogens is 917 g/mol. The number of aliphatic imine (C=N–C) groups is 1. The zero-order valence-electron chi connectivity index (χ0n) is 38.0. The van der Waals surface area contributed by atoms with Gasteiger partial charge in [-0.05, 0) is 82.0 Å². The second-order valence-corrected chi connectivity index (χ2v) is 22.7. The first-order valence-corrected chi connectivity index (χ1v) is 22.6. The second kappa shape index (κ2) is 16.5. The van der Waals surface area contributed by atoms with E-state index in [9.17, 15) is 5.11 Å². The summed E-state index contributed by atoms with van der Waals surface area (Å²) < 4.78 is 2.83. The van der Waals surface area contributed by atoms with Crippen LogP contribution < -0.4 is 0 Å². The van der Waals surface area contributed by atoms with Gasteiger partial charge in [0.25, 0.3) is 0 Å². The van der Waals surface area contributed by atoms with Gasteiger partial charge in [0.05, 0.1) is 11.8 Å². The number of aliphatic hydroxyl groups excluding tert-OH is 1. The van der Waals surface area contributed by atoms with Crippen molar-refractivity contribution in [1.29, 1.82) is 0 Å². The van der Waals surface area contributed by atoms with Crippen molar-refractivity contribution >= 4 is 58.8 Å². The van der Waals surface area contributed by atoms with Crippen molar-refractivity contribution in [3.8, 4) is 11.3 Å². The van der Waals surface area contributed by atoms with Crippen LogP contribution in [0, 0.1) is 16.9 Å². The molecule has 0 unspecified atom stereocenters. The van der Waals surface area contributed by atoms with Crippen LogP contribution in [0.15, 0.2) is 83.7 Å². The predicted octanol–water partition coefficient (Wildman–Crippen LogP) is 16.2. The van der Waals surface area contributed by atoms with Crippen LogP contribution in [0.5, 0.6) is 0 Å². The Bertz CT molecular complexity index is 2560. The van der Waals surface area contributed by atoms with Crippen LogP contribution in [-0.4, -0.2) is 21.8 Å². The van der Waals surface area contributed by atoms with Crippen molar-refractivity contribution in [1.82, 2.24) is 4.98 Å². The molecule has 5 heteroatoms. The molecule has 59 heavy (non-hydrogen) atoms. The molecule has 0 bridgehead atoms. The number of nitrogens with zero attached hydrogens (tertiary/aromatic N) is 2. The smallest absolute Gasteiger partial charge is 0.0994 e. The van der Waals surface area contributed by atoms with E-state index in [1.54, 1.807) is 5.56 Å². The molecular formula is C54H67IrN2OS-. The summed E-state index contributed by atoms with van der Waals surface area (Å²) >= 11 is 1.98. The fourth-order valence-electron chi connectivity index (χ4n) is 9.02. The number of hydrogen-bond donors (Lipinski definition) is 1. The van der Waals surface area contributed by atoms with Crippen molar-refractivity contribution in [2.24, 2.45) is 15.8 Å². The standard InChI is InChI=1S/C37H36NS.C17H31NO.Ir/c1-35(2,3)30-19-24(18-22-10-8-9-11-25(22)30)33-27-21-28-26-12-13-29-32(37(6,7)16-15-36(29,4)5)34(26)39-31(28)20-23(27)14-17-38-33;1-16(2,3)14(12-15(19)17(4,5)6)18-13-10-8-7-9-11-13;/h8-14,17,19-21H,15-16H2,1-7H3;12-13,19H,7-11H2,1-6H3;/q-1;;/b;15-12-,18-14?;. The molecule has 2 aliphatic rings. The van der Waals surface area contributed by atoms with E-state index < -0.39 is 0 Å². The zero-order valence-corrected chi connectivity index (χ0v) is 41.3. The molecule has 8 rings (SSSR count). The Labute approximate surface area is 372 Å². The Balaban J connectivity index is 0.000000249. The minimum absolute atomic E-state index is 0. The first-order valence-electron chi connectivity index (χ1n) is 21.8. The summed E-state index contributed by atoms with van der Waals surface area (Å²) in [6, 6.07) is 26.9. The third-order valence-electron chi connectivity index (χ3n) is 12.9. The van der Waals surface area contributed by atoms with E-state index in [1.165, 1.54) is 92.4 Å². The average Bonchev–Trinajstić information content (AvgIpc) is 3.51. The van der Waals surface area contributed by atoms with Gasteiger partial charge < -0.3 is 5.11 Å². The van der Waals surface area contributed by atoms with Crippen LogP contribution in [0.1, 0.15) is 152 Å². The van der Waals surface area contributed by atoms with Crippen LogP contribution in [0.2, 0.25) is 0 Å². The van der Waals surface area contributed by atoms with E-state index in [0.717, 1.165) is 22.4 Å². The van der Waals surface area contributed by atoms with Gasteiger partial charge in [0.2, 0.25) is 0 Å². The first-order chi connectivity index (χ1) is 27.0. The summed E-state index contributed by atoms with van der Waals surface area (Å²) in [6.07, 6.45) is 12.7. The van der Waals surface area contributed by atoms with Crippen molar-refractivity contribution < 1.29 is 25.2 Å². The number of aromatic nitrogens is 1. The van der Waals surface area contributed by atoms with Crippen molar-refractivity contribution in [3.63, 3.8) is 0 Å². The molecule has 0 aliphatic heterocycles. The van der Waals surface area contributed by atoms with Crippen LogP contribution in [0.25, 0.3) is 53.0 Å². The van der Waals surface area contributed by atoms with E-state index >= 15 is 0 Å². The first kappa shape index (κ1) is 45.2. The summed E-state index contributed by atoms with van der Waals surface area (Å²) in [5.41, 5.74) is 7.75. The third-order valence-corrected chi connectivity index (χ3v) is 14.0. The Kier molecular flexibility index (Phi) is 12.6. The molecule has 1 N–H and O–H groups in total. The van der Waals surface area contributed by atoms with Crippen LogP contribution >= 0.6 is 11.3 Å². The number of fused-ring (bicyclic) bond motifs is 7. The van der Waals surface area contributed by atoms with Crippen molar-refractivity contribution in [3.05, 3.63) is 101 Å². The molecule has 2 aromatic heterocycles. The zero-order chi connectivity index (χ0) is 42.0. The normalized spacial score (nSPS) is 17.8. The Morgan fingerprint density at radius 2 is 1.46 bits per heavy atom. The topological polar surface area (TPSA) is 45.5 Å². The number of aliphatic hydroxyl groups is 1. The number of hydrogen-bond acceptors (Lipinski definition) is 4. The summed E-state index contributed by atoms with van der Waals surface area (Å²) in [5.74, 6) is 0.428. The molecule has 0 saturated heterocycles. The van der Waals surface area contributed by atoms with Gasteiger partial charge in [0, 0.05) is 68.7 Å². The van der Waals surface area contributed by atoms with Gasteiger partial charge >= 0.3 is 0 Å². The molecule has 0 spiro atoms. The monoisotopic (exact) mass is 984 g/mol. The minimum Gasteiger partial charge on any atom is -0.512 e. The maximum absolute atomic E-state index is 10.2. The predicted molar refractivity (Wildman–Crippen MR) is 254 cm³/mol. The van der Waals surface area contributed by atoms with Crippen molar-refractivity contribution in [2.75, 3.05) is 0 Å². The van der Waals surface area contributed by atoms with E-state index in [1.807, 2.05) is 44.4 Å². The van der Waals surface area contributed by atoms with Gasteiger partial charge in [-0.25, -0.2) is 0 Å². The van der Waals surface area contributed by atoms with Gasteiger partial charge in [-0.3, -0.25) is 9.98 Å². The van der Waals surface area contributed by atoms with E-state index in [0.29, 0.717) is 11.8 Å². The Morgan fingerprint density at radius 3 is 2.12 bits per heavy atom. The number of allylic oxidation sites excluding steroid dienone is 2. The number of thiophene rings is 1. The molecule has 1 radical (unpaired) electrons. The van der Waals surface area contributed by atoms with Gasteiger partial charge in [-0.2, -0.15) is 0 Å². The van der Waals surface area contributed by atoms with E-state index in [4.69, 9.17) is 9.98 Å². The maximum Gasteiger partial charge on any atom is 0.0994 e. The number of benzene rings is 4.